The zero-order valence-corrected chi connectivity index (χ0v) is 15.0. The number of pyridine rings is 1. The number of benzene rings is 1. The molecule has 0 saturated carbocycles. The summed E-state index contributed by atoms with van der Waals surface area (Å²) in [5.41, 5.74) is 10.0. The van der Waals surface area contributed by atoms with Gasteiger partial charge in [-0.1, -0.05) is 30.3 Å². The number of nitrogens with zero attached hydrogens (tertiary/aromatic N) is 4. The van der Waals surface area contributed by atoms with E-state index in [0.29, 0.717) is 25.5 Å². The van der Waals surface area contributed by atoms with Gasteiger partial charge in [0.05, 0.1) is 13.1 Å². The van der Waals surface area contributed by atoms with Crippen LogP contribution in [0.5, 0.6) is 0 Å². The van der Waals surface area contributed by atoms with Crippen molar-refractivity contribution in [3.63, 3.8) is 0 Å². The molecule has 0 aliphatic carbocycles. The number of aromatic nitrogens is 3. The molecule has 4 rings (SSSR count). The first kappa shape index (κ1) is 17.2. The van der Waals surface area contributed by atoms with Crippen molar-refractivity contribution in [3.8, 4) is 0 Å². The predicted octanol–water partition coefficient (Wildman–Crippen LogP) is 1.91. The van der Waals surface area contributed by atoms with E-state index in [1.807, 2.05) is 41.2 Å². The molecule has 0 unspecified atom stereocenters. The Kier molecular flexibility index (Phi) is 4.84. The fourth-order valence-corrected chi connectivity index (χ4v) is 3.32. The number of nitrogens with one attached hydrogen (secondary N) is 1. The molecule has 3 aromatic rings. The van der Waals surface area contributed by atoms with E-state index in [-0.39, 0.29) is 5.91 Å². The van der Waals surface area contributed by atoms with E-state index >= 15 is 0 Å². The molecule has 1 aliphatic rings. The van der Waals surface area contributed by atoms with E-state index in [9.17, 15) is 4.79 Å². The molecule has 27 heavy (non-hydrogen) atoms. The van der Waals surface area contributed by atoms with E-state index in [1.54, 1.807) is 6.20 Å². The second kappa shape index (κ2) is 7.59. The van der Waals surface area contributed by atoms with Gasteiger partial charge in [0.15, 0.2) is 5.82 Å². The Bertz CT molecular complexity index is 937. The van der Waals surface area contributed by atoms with Crippen molar-refractivity contribution < 1.29 is 4.79 Å². The molecule has 0 atom stereocenters. The molecular formula is C20H22N6O. The first-order valence-electron chi connectivity index (χ1n) is 8.99. The summed E-state index contributed by atoms with van der Waals surface area (Å²) >= 11 is 0. The van der Waals surface area contributed by atoms with Crippen molar-refractivity contribution in [1.29, 1.82) is 0 Å². The van der Waals surface area contributed by atoms with Gasteiger partial charge < -0.3 is 11.1 Å². The Morgan fingerprint density at radius 3 is 2.89 bits per heavy atom. The topological polar surface area (TPSA) is 89.1 Å². The average molecular weight is 362 g/mol. The lowest BCUT2D eigenvalue weighted by atomic mass is 10.0. The second-order valence-electron chi connectivity index (χ2n) is 6.72. The molecule has 1 aliphatic heterocycles. The van der Waals surface area contributed by atoms with Crippen LogP contribution in [0.2, 0.25) is 0 Å². The number of amides is 1. The van der Waals surface area contributed by atoms with Crippen LogP contribution in [0.4, 0.5) is 11.5 Å². The van der Waals surface area contributed by atoms with Crippen molar-refractivity contribution >= 4 is 17.4 Å². The molecule has 1 aromatic carbocycles. The summed E-state index contributed by atoms with van der Waals surface area (Å²) in [7, 11) is 0. The summed E-state index contributed by atoms with van der Waals surface area (Å²) in [6.07, 6.45) is 4.41. The van der Waals surface area contributed by atoms with E-state index in [1.165, 1.54) is 0 Å². The van der Waals surface area contributed by atoms with Gasteiger partial charge in [-0.3, -0.25) is 19.4 Å². The summed E-state index contributed by atoms with van der Waals surface area (Å²) in [6, 6.07) is 13.7. The fourth-order valence-electron chi connectivity index (χ4n) is 3.32. The smallest absolute Gasteiger partial charge is 0.239 e. The lowest BCUT2D eigenvalue weighted by Crippen LogP contribution is -2.37. The van der Waals surface area contributed by atoms with Gasteiger partial charge in [-0.25, -0.2) is 0 Å². The Balaban J connectivity index is 1.33. The van der Waals surface area contributed by atoms with Crippen LogP contribution in [0.15, 0.2) is 54.9 Å². The highest BCUT2D eigenvalue weighted by atomic mass is 16.2. The van der Waals surface area contributed by atoms with Crippen LogP contribution in [0.25, 0.3) is 0 Å². The molecule has 3 heterocycles. The van der Waals surface area contributed by atoms with Gasteiger partial charge in [-0.05, 0) is 11.6 Å². The van der Waals surface area contributed by atoms with Gasteiger partial charge >= 0.3 is 0 Å². The molecule has 0 bridgehead atoms. The fraction of sp³-hybridized carbons (Fsp3) is 0.250. The van der Waals surface area contributed by atoms with Crippen LogP contribution in [0.1, 0.15) is 16.8 Å². The van der Waals surface area contributed by atoms with Crippen LogP contribution in [-0.4, -0.2) is 38.7 Å². The Hall–Kier alpha value is -3.19. The minimum Gasteiger partial charge on any atom is -0.398 e. The lowest BCUT2D eigenvalue weighted by molar-refractivity contribution is -0.117. The highest BCUT2D eigenvalue weighted by Crippen LogP contribution is 2.22. The summed E-state index contributed by atoms with van der Waals surface area (Å²) < 4.78 is 1.81. The summed E-state index contributed by atoms with van der Waals surface area (Å²) in [6.45, 7) is 2.41. The molecule has 1 amide bonds. The Morgan fingerprint density at radius 2 is 2.04 bits per heavy atom. The minimum absolute atomic E-state index is 0.0779. The average Bonchev–Trinajstić information content (AvgIpc) is 3.10. The van der Waals surface area contributed by atoms with Crippen LogP contribution in [0.3, 0.4) is 0 Å². The molecule has 7 heteroatoms. The van der Waals surface area contributed by atoms with Gasteiger partial charge in [0, 0.05) is 54.9 Å². The second-order valence-corrected chi connectivity index (χ2v) is 6.72. The molecule has 2 aromatic heterocycles. The zero-order chi connectivity index (χ0) is 18.6. The SMILES string of the molecule is Nc1ccnc2c1CN(CC(=O)Nc1ccn(Cc3ccccc3)n1)CC2. The number of hydrogen-bond acceptors (Lipinski definition) is 5. The van der Waals surface area contributed by atoms with Crippen molar-refractivity contribution in [2.45, 2.75) is 19.5 Å². The predicted molar refractivity (Wildman–Crippen MR) is 104 cm³/mol. The van der Waals surface area contributed by atoms with E-state index in [2.05, 4.69) is 32.4 Å². The Morgan fingerprint density at radius 1 is 1.19 bits per heavy atom. The molecule has 7 nitrogen and oxygen atoms in total. The number of anilines is 2. The lowest BCUT2D eigenvalue weighted by Gasteiger charge is -2.28. The number of fused-ring (bicyclic) bond motifs is 1. The maximum atomic E-state index is 12.4. The number of carbonyl (C=O) groups is 1. The molecular weight excluding hydrogens is 340 g/mol. The van der Waals surface area contributed by atoms with E-state index < -0.39 is 0 Å². The highest BCUT2D eigenvalue weighted by molar-refractivity contribution is 5.91. The highest BCUT2D eigenvalue weighted by Gasteiger charge is 2.21. The van der Waals surface area contributed by atoms with Crippen LogP contribution < -0.4 is 11.1 Å². The third-order valence-electron chi connectivity index (χ3n) is 4.69. The van der Waals surface area contributed by atoms with Gasteiger partial charge in [-0.15, -0.1) is 0 Å². The normalized spacial score (nSPS) is 13.9. The van der Waals surface area contributed by atoms with Crippen molar-refractivity contribution in [1.82, 2.24) is 19.7 Å². The maximum absolute atomic E-state index is 12.4. The summed E-state index contributed by atoms with van der Waals surface area (Å²) in [5.74, 6) is 0.486. The van der Waals surface area contributed by atoms with Crippen LogP contribution >= 0.6 is 0 Å². The van der Waals surface area contributed by atoms with Crippen LogP contribution in [0, 0.1) is 0 Å². The Labute approximate surface area is 157 Å². The first-order valence-corrected chi connectivity index (χ1v) is 8.99. The third kappa shape index (κ3) is 4.15. The zero-order valence-electron chi connectivity index (χ0n) is 15.0. The number of carbonyl (C=O) groups excluding carboxylic acids is 1. The summed E-state index contributed by atoms with van der Waals surface area (Å²) in [4.78, 5) is 18.9. The van der Waals surface area contributed by atoms with Crippen LogP contribution in [-0.2, 0) is 24.3 Å². The van der Waals surface area contributed by atoms with Gasteiger partial charge in [0.25, 0.3) is 0 Å². The van der Waals surface area contributed by atoms with E-state index in [4.69, 9.17) is 5.73 Å². The van der Waals surface area contributed by atoms with Gasteiger partial charge in [0.1, 0.15) is 0 Å². The van der Waals surface area contributed by atoms with E-state index in [0.717, 1.165) is 35.5 Å². The quantitative estimate of drug-likeness (QED) is 0.724. The molecule has 3 N–H and O–H groups in total. The molecule has 0 radical (unpaired) electrons. The third-order valence-corrected chi connectivity index (χ3v) is 4.69. The number of nitrogen functional groups attached to an aromatic ring is 1. The first-order chi connectivity index (χ1) is 13.2. The molecule has 0 saturated heterocycles. The van der Waals surface area contributed by atoms with Crippen molar-refractivity contribution in [2.24, 2.45) is 0 Å². The number of rotatable bonds is 5. The van der Waals surface area contributed by atoms with Crippen molar-refractivity contribution in [3.05, 3.63) is 71.7 Å². The largest absolute Gasteiger partial charge is 0.398 e. The monoisotopic (exact) mass is 362 g/mol. The molecule has 0 spiro atoms. The van der Waals surface area contributed by atoms with Crippen molar-refractivity contribution in [2.75, 3.05) is 24.1 Å². The number of hydrogen-bond donors (Lipinski definition) is 2. The standard InChI is InChI=1S/C20H22N6O/c21-17-6-9-22-18-7-10-25(13-16(17)18)14-20(27)23-19-8-11-26(24-19)12-15-4-2-1-3-5-15/h1-6,8-9,11H,7,10,12-14H2,(H2,21,22)(H,23,24,27). The molecule has 138 valence electrons. The maximum Gasteiger partial charge on any atom is 0.239 e. The van der Waals surface area contributed by atoms with Gasteiger partial charge in [0.2, 0.25) is 5.91 Å². The van der Waals surface area contributed by atoms with Gasteiger partial charge in [-0.2, -0.15) is 5.10 Å². The minimum atomic E-state index is -0.0779. The number of nitrogens with two attached hydrogens (primary N) is 1. The summed E-state index contributed by atoms with van der Waals surface area (Å²) in [5, 5.41) is 7.30. The molecule has 0 fully saturated rings.